The van der Waals surface area contributed by atoms with Gasteiger partial charge in [-0.1, -0.05) is 13.0 Å². The molecular formula is C15H14O7. The van der Waals surface area contributed by atoms with Gasteiger partial charge in [-0.2, -0.15) is 0 Å². The average molecular weight is 306 g/mol. The number of phenols is 1. The van der Waals surface area contributed by atoms with Crippen LogP contribution in [0.3, 0.4) is 0 Å². The van der Waals surface area contributed by atoms with E-state index in [0.29, 0.717) is 0 Å². The minimum Gasteiger partial charge on any atom is -0.507 e. The standard InChI is InChI=1S/C15H14O7/c1-6-5-9-14(20)12(18)10-7(16)3-2-4-8(10)22-15(14,11(6)17)13(19)21-9/h2-4,6,9,11,16-17,20H,5H2,1H3/t6-,9-,11+,14-,15+/m0/s1. The third kappa shape index (κ3) is 1.17. The molecule has 0 spiro atoms. The molecule has 116 valence electrons. The van der Waals surface area contributed by atoms with Crippen molar-refractivity contribution in [2.45, 2.75) is 36.8 Å². The summed E-state index contributed by atoms with van der Waals surface area (Å²) in [6.07, 6.45) is -2.38. The van der Waals surface area contributed by atoms with Gasteiger partial charge < -0.3 is 24.8 Å². The van der Waals surface area contributed by atoms with Gasteiger partial charge in [0.2, 0.25) is 11.4 Å². The zero-order valence-electron chi connectivity index (χ0n) is 11.6. The van der Waals surface area contributed by atoms with Crippen LogP contribution in [0.2, 0.25) is 0 Å². The molecule has 22 heavy (non-hydrogen) atoms. The second-order valence-electron chi connectivity index (χ2n) is 6.14. The van der Waals surface area contributed by atoms with Gasteiger partial charge in [-0.05, 0) is 24.5 Å². The molecule has 1 aliphatic carbocycles. The highest BCUT2D eigenvalue weighted by Gasteiger charge is 2.81. The number of ether oxygens (including phenoxy) is 2. The Labute approximate surface area is 125 Å². The summed E-state index contributed by atoms with van der Waals surface area (Å²) < 4.78 is 10.7. The smallest absolute Gasteiger partial charge is 0.357 e. The van der Waals surface area contributed by atoms with Crippen molar-refractivity contribution in [1.29, 1.82) is 0 Å². The zero-order valence-corrected chi connectivity index (χ0v) is 11.6. The van der Waals surface area contributed by atoms with Crippen molar-refractivity contribution in [3.05, 3.63) is 23.8 Å². The number of hydrogen-bond acceptors (Lipinski definition) is 7. The third-order valence-electron chi connectivity index (χ3n) is 4.97. The van der Waals surface area contributed by atoms with Crippen LogP contribution in [0.15, 0.2) is 18.2 Å². The molecule has 1 saturated carbocycles. The lowest BCUT2D eigenvalue weighted by molar-refractivity contribution is -0.192. The molecule has 7 nitrogen and oxygen atoms in total. The van der Waals surface area contributed by atoms with Crippen molar-refractivity contribution in [3.8, 4) is 11.5 Å². The molecule has 4 rings (SSSR count). The lowest BCUT2D eigenvalue weighted by Gasteiger charge is -2.49. The number of aliphatic hydroxyl groups is 2. The van der Waals surface area contributed by atoms with E-state index in [2.05, 4.69) is 0 Å². The number of ketones is 1. The number of carbonyl (C=O) groups is 2. The van der Waals surface area contributed by atoms with E-state index >= 15 is 0 Å². The van der Waals surface area contributed by atoms with Crippen LogP contribution in [0, 0.1) is 5.92 Å². The Hall–Kier alpha value is -2.12. The topological polar surface area (TPSA) is 113 Å². The highest BCUT2D eigenvalue weighted by atomic mass is 16.6. The summed E-state index contributed by atoms with van der Waals surface area (Å²) in [5.74, 6) is -2.64. The predicted octanol–water partition coefficient (Wildman–Crippen LogP) is -0.237. The lowest BCUT2D eigenvalue weighted by Crippen LogP contribution is -2.76. The molecule has 2 bridgehead atoms. The van der Waals surface area contributed by atoms with Crippen molar-refractivity contribution in [3.63, 3.8) is 0 Å². The third-order valence-corrected chi connectivity index (χ3v) is 4.97. The van der Waals surface area contributed by atoms with E-state index in [-0.39, 0.29) is 23.5 Å². The molecule has 2 fully saturated rings. The van der Waals surface area contributed by atoms with Gasteiger partial charge in [-0.15, -0.1) is 0 Å². The second kappa shape index (κ2) is 3.80. The van der Waals surface area contributed by atoms with Gasteiger partial charge in [-0.25, -0.2) is 4.79 Å². The molecule has 2 heterocycles. The summed E-state index contributed by atoms with van der Waals surface area (Å²) in [4.78, 5) is 25.1. The summed E-state index contributed by atoms with van der Waals surface area (Å²) in [6.45, 7) is 1.69. The summed E-state index contributed by atoms with van der Waals surface area (Å²) in [5.41, 5.74) is -4.74. The average Bonchev–Trinajstić information content (AvgIpc) is 2.63. The highest BCUT2D eigenvalue weighted by molar-refractivity contribution is 6.14. The van der Waals surface area contributed by atoms with Crippen LogP contribution in [0.25, 0.3) is 0 Å². The van der Waals surface area contributed by atoms with Crippen molar-refractivity contribution < 1.29 is 34.4 Å². The normalized spacial score (nSPS) is 42.2. The predicted molar refractivity (Wildman–Crippen MR) is 70.4 cm³/mol. The molecule has 1 aromatic rings. The van der Waals surface area contributed by atoms with Crippen molar-refractivity contribution in [1.82, 2.24) is 0 Å². The number of hydrogen-bond donors (Lipinski definition) is 3. The molecule has 0 unspecified atom stereocenters. The minimum atomic E-state index is -2.35. The molecule has 0 radical (unpaired) electrons. The first-order valence-corrected chi connectivity index (χ1v) is 7.01. The summed E-state index contributed by atoms with van der Waals surface area (Å²) in [7, 11) is 0. The Morgan fingerprint density at radius 2 is 2.05 bits per heavy atom. The Morgan fingerprint density at radius 3 is 2.77 bits per heavy atom. The van der Waals surface area contributed by atoms with E-state index in [1.165, 1.54) is 18.2 Å². The molecule has 0 aromatic heterocycles. The maximum absolute atomic E-state index is 12.8. The molecule has 5 atom stereocenters. The van der Waals surface area contributed by atoms with Crippen molar-refractivity contribution in [2.75, 3.05) is 0 Å². The van der Waals surface area contributed by atoms with E-state index in [9.17, 15) is 24.9 Å². The molecule has 1 aromatic carbocycles. The van der Waals surface area contributed by atoms with Gasteiger partial charge in [0, 0.05) is 0 Å². The second-order valence-corrected chi connectivity index (χ2v) is 6.14. The summed E-state index contributed by atoms with van der Waals surface area (Å²) in [5, 5.41) is 31.4. The molecule has 1 saturated heterocycles. The maximum atomic E-state index is 12.8. The fourth-order valence-electron chi connectivity index (χ4n) is 3.82. The van der Waals surface area contributed by atoms with Crippen LogP contribution in [0.5, 0.6) is 11.5 Å². The number of rotatable bonds is 0. The SMILES string of the molecule is C[C@H]1C[C@@H]2OC(=O)[C@]3(Oc4cccc(O)c4C(=O)[C@@]23O)[C@@H]1O. The van der Waals surface area contributed by atoms with Gasteiger partial charge >= 0.3 is 5.97 Å². The number of phenolic OH excluding ortho intramolecular Hbond substituents is 1. The number of aromatic hydroxyl groups is 1. The number of esters is 1. The molecule has 7 heteroatoms. The minimum absolute atomic E-state index is 0.0552. The van der Waals surface area contributed by atoms with E-state index in [1.807, 2.05) is 0 Å². The van der Waals surface area contributed by atoms with E-state index in [1.54, 1.807) is 6.92 Å². The molecule has 3 N–H and O–H groups in total. The number of benzene rings is 1. The Balaban J connectivity index is 2.03. The van der Waals surface area contributed by atoms with Gasteiger partial charge in [0.1, 0.15) is 29.3 Å². The van der Waals surface area contributed by atoms with Crippen LogP contribution < -0.4 is 4.74 Å². The van der Waals surface area contributed by atoms with E-state index in [0.717, 1.165) is 0 Å². The van der Waals surface area contributed by atoms with Crippen LogP contribution in [-0.4, -0.2) is 50.5 Å². The fraction of sp³-hybridized carbons (Fsp3) is 0.467. The summed E-state index contributed by atoms with van der Waals surface area (Å²) in [6, 6.07) is 4.13. The molecule has 0 amide bonds. The maximum Gasteiger partial charge on any atom is 0.357 e. The van der Waals surface area contributed by atoms with E-state index < -0.39 is 41.1 Å². The van der Waals surface area contributed by atoms with E-state index in [4.69, 9.17) is 9.47 Å². The van der Waals surface area contributed by atoms with Gasteiger partial charge in [0.25, 0.3) is 5.60 Å². The largest absolute Gasteiger partial charge is 0.507 e. The van der Waals surface area contributed by atoms with Gasteiger partial charge in [-0.3, -0.25) is 4.79 Å². The molecular weight excluding hydrogens is 292 g/mol. The first kappa shape index (κ1) is 13.5. The zero-order chi connectivity index (χ0) is 15.9. The van der Waals surface area contributed by atoms with Crippen LogP contribution >= 0.6 is 0 Å². The fourth-order valence-corrected chi connectivity index (χ4v) is 3.82. The van der Waals surface area contributed by atoms with Gasteiger partial charge in [0.15, 0.2) is 0 Å². The first-order valence-electron chi connectivity index (χ1n) is 7.01. The van der Waals surface area contributed by atoms with Crippen molar-refractivity contribution in [2.24, 2.45) is 5.92 Å². The quantitative estimate of drug-likeness (QED) is 0.567. The number of carbonyl (C=O) groups excluding carboxylic acids is 2. The van der Waals surface area contributed by atoms with Crippen LogP contribution in [0.1, 0.15) is 23.7 Å². The summed E-state index contributed by atoms with van der Waals surface area (Å²) >= 11 is 0. The first-order chi connectivity index (χ1) is 10.3. The lowest BCUT2D eigenvalue weighted by atomic mass is 9.62. The monoisotopic (exact) mass is 306 g/mol. The molecule has 3 aliphatic rings. The van der Waals surface area contributed by atoms with Crippen LogP contribution in [-0.2, 0) is 9.53 Å². The Bertz CT molecular complexity index is 714. The number of aliphatic hydroxyl groups excluding tert-OH is 1. The number of fused-ring (bicyclic) bond motifs is 1. The number of Topliss-reactive ketones (excluding diaryl/α,β-unsaturated/α-hetero) is 1. The van der Waals surface area contributed by atoms with Gasteiger partial charge in [0.05, 0.1) is 0 Å². The highest BCUT2D eigenvalue weighted by Crippen LogP contribution is 2.55. The molecule has 2 aliphatic heterocycles. The van der Waals surface area contributed by atoms with Crippen molar-refractivity contribution >= 4 is 11.8 Å². The Kier molecular flexibility index (Phi) is 2.34. The Morgan fingerprint density at radius 1 is 1.32 bits per heavy atom. The van der Waals surface area contributed by atoms with Crippen LogP contribution in [0.4, 0.5) is 0 Å².